The molecule has 1 amide bonds. The number of hydrogen-bond donors (Lipinski definition) is 2. The molecule has 0 spiro atoms. The van der Waals surface area contributed by atoms with Crippen molar-refractivity contribution in [3.05, 3.63) is 18.0 Å². The van der Waals surface area contributed by atoms with Gasteiger partial charge in [0.15, 0.2) is 5.96 Å². The number of nitrogens with zero attached hydrogens (tertiary/aromatic N) is 4. The highest BCUT2D eigenvalue weighted by molar-refractivity contribution is 5.86. The molecular weight excluding hydrogens is 232 g/mol. The molecule has 1 heterocycles. The summed E-state index contributed by atoms with van der Waals surface area (Å²) < 4.78 is 1.74. The van der Waals surface area contributed by atoms with Crippen LogP contribution < -0.4 is 10.6 Å². The van der Waals surface area contributed by atoms with Crippen LogP contribution in [-0.2, 0) is 18.4 Å². The van der Waals surface area contributed by atoms with Crippen molar-refractivity contribution in [2.24, 2.45) is 12.0 Å². The van der Waals surface area contributed by atoms with Gasteiger partial charge in [0.25, 0.3) is 0 Å². The van der Waals surface area contributed by atoms with Crippen LogP contribution in [0, 0.1) is 0 Å². The number of aliphatic imine (C=N–C) groups is 1. The van der Waals surface area contributed by atoms with Gasteiger partial charge < -0.3 is 15.5 Å². The molecule has 0 unspecified atom stereocenters. The number of amides is 1. The van der Waals surface area contributed by atoms with E-state index in [1.54, 1.807) is 25.8 Å². The molecule has 0 saturated carbocycles. The van der Waals surface area contributed by atoms with Gasteiger partial charge in [-0.15, -0.1) is 0 Å². The maximum Gasteiger partial charge on any atom is 0.241 e. The first kappa shape index (κ1) is 14.0. The van der Waals surface area contributed by atoms with Crippen LogP contribution >= 0.6 is 0 Å². The van der Waals surface area contributed by atoms with Gasteiger partial charge in [0.1, 0.15) is 0 Å². The molecule has 1 rings (SSSR count). The molecule has 7 nitrogen and oxygen atoms in total. The highest BCUT2D eigenvalue weighted by atomic mass is 16.2. The van der Waals surface area contributed by atoms with Gasteiger partial charge in [-0.3, -0.25) is 14.5 Å². The Labute approximate surface area is 107 Å². The second-order valence-corrected chi connectivity index (χ2v) is 4.05. The fourth-order valence-electron chi connectivity index (χ4n) is 1.27. The standard InChI is InChI=1S/C11H20N6O/c1-12-11(14-8-10(18)16(2)3)13-7-9-5-6-17(4)15-9/h5-6H,7-8H2,1-4H3,(H2,12,13,14). The van der Waals surface area contributed by atoms with E-state index in [0.717, 1.165) is 5.69 Å². The van der Waals surface area contributed by atoms with Crippen LogP contribution in [0.25, 0.3) is 0 Å². The molecule has 2 N–H and O–H groups in total. The fourth-order valence-corrected chi connectivity index (χ4v) is 1.27. The van der Waals surface area contributed by atoms with Gasteiger partial charge in [-0.05, 0) is 6.07 Å². The van der Waals surface area contributed by atoms with Gasteiger partial charge in [0.05, 0.1) is 18.8 Å². The van der Waals surface area contributed by atoms with E-state index in [-0.39, 0.29) is 12.5 Å². The van der Waals surface area contributed by atoms with E-state index in [1.165, 1.54) is 4.90 Å². The minimum Gasteiger partial charge on any atom is -0.351 e. The van der Waals surface area contributed by atoms with Gasteiger partial charge in [-0.25, -0.2) is 0 Å². The molecule has 0 aliphatic rings. The molecule has 18 heavy (non-hydrogen) atoms. The summed E-state index contributed by atoms with van der Waals surface area (Å²) in [4.78, 5) is 17.0. The monoisotopic (exact) mass is 252 g/mol. The second-order valence-electron chi connectivity index (χ2n) is 4.05. The first-order valence-corrected chi connectivity index (χ1v) is 5.66. The molecule has 0 fully saturated rings. The van der Waals surface area contributed by atoms with Crippen molar-refractivity contribution in [2.75, 3.05) is 27.7 Å². The number of carbonyl (C=O) groups is 1. The number of hydrogen-bond acceptors (Lipinski definition) is 3. The lowest BCUT2D eigenvalue weighted by Crippen LogP contribution is -2.42. The molecule has 0 saturated heterocycles. The summed E-state index contributed by atoms with van der Waals surface area (Å²) in [6.45, 7) is 0.783. The summed E-state index contributed by atoms with van der Waals surface area (Å²) in [7, 11) is 6.96. The molecule has 1 aromatic rings. The Hall–Kier alpha value is -2.05. The van der Waals surface area contributed by atoms with Crippen molar-refractivity contribution >= 4 is 11.9 Å². The van der Waals surface area contributed by atoms with Crippen LogP contribution in [0.3, 0.4) is 0 Å². The largest absolute Gasteiger partial charge is 0.351 e. The molecule has 0 aromatic carbocycles. The molecule has 0 aliphatic heterocycles. The molecule has 0 atom stereocenters. The number of carbonyl (C=O) groups excluding carboxylic acids is 1. The first-order valence-electron chi connectivity index (χ1n) is 5.66. The average molecular weight is 252 g/mol. The maximum absolute atomic E-state index is 11.4. The van der Waals surface area contributed by atoms with Crippen LogP contribution in [-0.4, -0.2) is 54.2 Å². The van der Waals surface area contributed by atoms with Crippen LogP contribution in [0.15, 0.2) is 17.3 Å². The summed E-state index contributed by atoms with van der Waals surface area (Å²) in [5, 5.41) is 10.3. The van der Waals surface area contributed by atoms with Crippen molar-refractivity contribution in [3.63, 3.8) is 0 Å². The number of likely N-dealkylation sites (N-methyl/N-ethyl adjacent to an activating group) is 1. The fraction of sp³-hybridized carbons (Fsp3) is 0.545. The lowest BCUT2D eigenvalue weighted by atomic mass is 10.4. The predicted octanol–water partition coefficient (Wildman–Crippen LogP) is -0.827. The lowest BCUT2D eigenvalue weighted by Gasteiger charge is -2.13. The predicted molar refractivity (Wildman–Crippen MR) is 70.1 cm³/mol. The summed E-state index contributed by atoms with van der Waals surface area (Å²) in [5.74, 6) is 0.576. The van der Waals surface area contributed by atoms with Crippen LogP contribution in [0.1, 0.15) is 5.69 Å². The Morgan fingerprint density at radius 1 is 1.50 bits per heavy atom. The van der Waals surface area contributed by atoms with E-state index < -0.39 is 0 Å². The smallest absolute Gasteiger partial charge is 0.241 e. The summed E-state index contributed by atoms with van der Waals surface area (Å²) in [6, 6.07) is 1.92. The van der Waals surface area contributed by atoms with Gasteiger partial charge in [-0.2, -0.15) is 5.10 Å². The topological polar surface area (TPSA) is 74.6 Å². The number of nitrogens with one attached hydrogen (secondary N) is 2. The highest BCUT2D eigenvalue weighted by Crippen LogP contribution is 1.92. The Kier molecular flexibility index (Phi) is 5.16. The molecule has 0 aliphatic carbocycles. The summed E-state index contributed by atoms with van der Waals surface area (Å²) >= 11 is 0. The average Bonchev–Trinajstić information content (AvgIpc) is 2.74. The molecule has 1 aromatic heterocycles. The minimum absolute atomic E-state index is 0.00390. The van der Waals surface area contributed by atoms with Crippen molar-refractivity contribution in [3.8, 4) is 0 Å². The third kappa shape index (κ3) is 4.44. The summed E-state index contributed by atoms with van der Waals surface area (Å²) in [5.41, 5.74) is 0.916. The van der Waals surface area contributed by atoms with Gasteiger partial charge >= 0.3 is 0 Å². The Morgan fingerprint density at radius 2 is 2.22 bits per heavy atom. The van der Waals surface area contributed by atoms with E-state index in [4.69, 9.17) is 0 Å². The lowest BCUT2D eigenvalue weighted by molar-refractivity contribution is -0.127. The van der Waals surface area contributed by atoms with Gasteiger partial charge in [-0.1, -0.05) is 0 Å². The van der Waals surface area contributed by atoms with Crippen LogP contribution in [0.5, 0.6) is 0 Å². The zero-order chi connectivity index (χ0) is 13.5. The molecule has 0 bridgehead atoms. The first-order chi connectivity index (χ1) is 8.52. The SMILES string of the molecule is CN=C(NCC(=O)N(C)C)NCc1ccn(C)n1. The van der Waals surface area contributed by atoms with E-state index in [0.29, 0.717) is 12.5 Å². The third-order valence-electron chi connectivity index (χ3n) is 2.34. The van der Waals surface area contributed by atoms with E-state index >= 15 is 0 Å². The zero-order valence-electron chi connectivity index (χ0n) is 11.3. The molecule has 0 radical (unpaired) electrons. The number of aromatic nitrogens is 2. The normalized spacial score (nSPS) is 11.2. The Bertz CT molecular complexity index is 423. The van der Waals surface area contributed by atoms with Crippen molar-refractivity contribution in [1.29, 1.82) is 0 Å². The number of aryl methyl sites for hydroxylation is 1. The minimum atomic E-state index is -0.00390. The van der Waals surface area contributed by atoms with E-state index in [2.05, 4.69) is 20.7 Å². The molecule has 7 heteroatoms. The van der Waals surface area contributed by atoms with Crippen LogP contribution in [0.4, 0.5) is 0 Å². The van der Waals surface area contributed by atoms with Crippen molar-refractivity contribution in [2.45, 2.75) is 6.54 Å². The van der Waals surface area contributed by atoms with Crippen molar-refractivity contribution < 1.29 is 4.79 Å². The molecule has 100 valence electrons. The quantitative estimate of drug-likeness (QED) is 0.542. The Balaban J connectivity index is 2.37. The highest BCUT2D eigenvalue weighted by Gasteiger charge is 2.05. The maximum atomic E-state index is 11.4. The second kappa shape index (κ2) is 6.63. The van der Waals surface area contributed by atoms with E-state index in [1.807, 2.05) is 19.3 Å². The summed E-state index contributed by atoms with van der Waals surface area (Å²) in [6.07, 6.45) is 1.88. The third-order valence-corrected chi connectivity index (χ3v) is 2.34. The van der Waals surface area contributed by atoms with E-state index in [9.17, 15) is 4.79 Å². The van der Waals surface area contributed by atoms with Crippen molar-refractivity contribution in [1.82, 2.24) is 25.3 Å². The molecular formula is C11H20N6O. The number of rotatable bonds is 4. The van der Waals surface area contributed by atoms with Crippen LogP contribution in [0.2, 0.25) is 0 Å². The number of guanidine groups is 1. The van der Waals surface area contributed by atoms with Gasteiger partial charge in [0.2, 0.25) is 5.91 Å². The van der Waals surface area contributed by atoms with Gasteiger partial charge in [0, 0.05) is 34.4 Å². The Morgan fingerprint density at radius 3 is 2.72 bits per heavy atom. The zero-order valence-corrected chi connectivity index (χ0v) is 11.3.